The van der Waals surface area contributed by atoms with Crippen LogP contribution in [0.1, 0.15) is 27.2 Å². The highest BCUT2D eigenvalue weighted by molar-refractivity contribution is 6.31. The van der Waals surface area contributed by atoms with E-state index in [1.54, 1.807) is 37.3 Å². The minimum Gasteiger partial charge on any atom is -0.451 e. The number of nitrogens with one attached hydrogen (secondary N) is 1. The summed E-state index contributed by atoms with van der Waals surface area (Å²) in [6.07, 6.45) is 0. The van der Waals surface area contributed by atoms with E-state index < -0.39 is 5.91 Å². The summed E-state index contributed by atoms with van der Waals surface area (Å²) in [7, 11) is 0. The third-order valence-corrected chi connectivity index (χ3v) is 4.49. The van der Waals surface area contributed by atoms with E-state index in [9.17, 15) is 9.59 Å². The minimum atomic E-state index is -0.488. The average molecular weight is 342 g/mol. The molecule has 0 aliphatic carbocycles. The van der Waals surface area contributed by atoms with Gasteiger partial charge >= 0.3 is 0 Å². The lowest BCUT2D eigenvalue weighted by atomic mass is 10.1. The summed E-state index contributed by atoms with van der Waals surface area (Å²) in [4.78, 5) is 24.7. The number of hydrogen-bond acceptors (Lipinski definition) is 3. The van der Waals surface area contributed by atoms with Crippen molar-refractivity contribution < 1.29 is 9.21 Å². The third-order valence-electron chi connectivity index (χ3n) is 4.08. The first-order valence-corrected chi connectivity index (χ1v) is 7.86. The van der Waals surface area contributed by atoms with Crippen LogP contribution in [-0.2, 0) is 0 Å². The first kappa shape index (κ1) is 16.3. The number of halogens is 1. The zero-order valence-electron chi connectivity index (χ0n) is 13.6. The van der Waals surface area contributed by atoms with E-state index in [-0.39, 0.29) is 11.2 Å². The van der Waals surface area contributed by atoms with Crippen molar-refractivity contribution in [2.45, 2.75) is 20.8 Å². The molecule has 122 valence electrons. The third kappa shape index (κ3) is 2.93. The van der Waals surface area contributed by atoms with Gasteiger partial charge in [0, 0.05) is 16.8 Å². The van der Waals surface area contributed by atoms with Crippen molar-refractivity contribution in [3.63, 3.8) is 0 Å². The molecular formula is C19H16ClNO3. The average Bonchev–Trinajstić information content (AvgIpc) is 2.53. The van der Waals surface area contributed by atoms with Crippen LogP contribution < -0.4 is 10.7 Å². The van der Waals surface area contributed by atoms with Crippen molar-refractivity contribution >= 4 is 34.2 Å². The fourth-order valence-electron chi connectivity index (χ4n) is 2.45. The first-order chi connectivity index (χ1) is 11.4. The number of fused-ring (bicyclic) bond motifs is 1. The zero-order chi connectivity index (χ0) is 17.4. The predicted octanol–water partition coefficient (Wildman–Crippen LogP) is 4.62. The van der Waals surface area contributed by atoms with Gasteiger partial charge in [-0.25, -0.2) is 0 Å². The molecular weight excluding hydrogens is 326 g/mol. The van der Waals surface area contributed by atoms with Crippen LogP contribution in [0, 0.1) is 20.8 Å². The number of carbonyl (C=O) groups is 1. The van der Waals surface area contributed by atoms with Crippen molar-refractivity contribution in [1.29, 1.82) is 0 Å². The molecule has 1 amide bonds. The van der Waals surface area contributed by atoms with Crippen LogP contribution in [-0.4, -0.2) is 5.91 Å². The van der Waals surface area contributed by atoms with E-state index in [4.69, 9.17) is 16.0 Å². The number of carbonyl (C=O) groups excluding carboxylic acids is 1. The van der Waals surface area contributed by atoms with Crippen LogP contribution >= 0.6 is 11.6 Å². The molecule has 0 aliphatic heterocycles. The topological polar surface area (TPSA) is 59.3 Å². The Morgan fingerprint density at radius 3 is 2.54 bits per heavy atom. The van der Waals surface area contributed by atoms with E-state index in [0.717, 1.165) is 16.7 Å². The van der Waals surface area contributed by atoms with Crippen LogP contribution in [0.5, 0.6) is 0 Å². The van der Waals surface area contributed by atoms with Crippen molar-refractivity contribution in [3.05, 3.63) is 74.1 Å². The molecule has 0 atom stereocenters. The van der Waals surface area contributed by atoms with Gasteiger partial charge in [-0.05, 0) is 61.7 Å². The summed E-state index contributed by atoms with van der Waals surface area (Å²) in [5, 5.41) is 3.75. The van der Waals surface area contributed by atoms with Gasteiger partial charge in [-0.2, -0.15) is 0 Å². The highest BCUT2D eigenvalue weighted by atomic mass is 35.5. The van der Waals surface area contributed by atoms with Crippen molar-refractivity contribution in [2.75, 3.05) is 5.32 Å². The van der Waals surface area contributed by atoms with E-state index in [1.807, 2.05) is 13.8 Å². The molecule has 0 bridgehead atoms. The normalized spacial score (nSPS) is 10.8. The summed E-state index contributed by atoms with van der Waals surface area (Å²) < 4.78 is 5.64. The maximum Gasteiger partial charge on any atom is 0.291 e. The van der Waals surface area contributed by atoms with Gasteiger partial charge in [-0.15, -0.1) is 0 Å². The Balaban J connectivity index is 2.03. The molecule has 1 aromatic heterocycles. The second-order valence-corrected chi connectivity index (χ2v) is 6.18. The van der Waals surface area contributed by atoms with E-state index >= 15 is 0 Å². The minimum absolute atomic E-state index is 0.0323. The molecule has 5 heteroatoms. The van der Waals surface area contributed by atoms with Gasteiger partial charge in [0.2, 0.25) is 0 Å². The molecule has 1 heterocycles. The SMILES string of the molecule is Cc1cc2oc(C(=O)Nc3cccc(Cl)c3C)cc(=O)c2cc1C. The lowest BCUT2D eigenvalue weighted by Crippen LogP contribution is -2.15. The van der Waals surface area contributed by atoms with Gasteiger partial charge in [-0.1, -0.05) is 17.7 Å². The predicted molar refractivity (Wildman–Crippen MR) is 96.1 cm³/mol. The highest BCUT2D eigenvalue weighted by Crippen LogP contribution is 2.24. The van der Waals surface area contributed by atoms with Crippen molar-refractivity contribution in [2.24, 2.45) is 0 Å². The molecule has 4 nitrogen and oxygen atoms in total. The molecule has 1 N–H and O–H groups in total. The number of amides is 1. The molecule has 0 saturated carbocycles. The summed E-state index contributed by atoms with van der Waals surface area (Å²) in [5.74, 6) is -0.521. The Bertz CT molecular complexity index is 1020. The molecule has 2 aromatic carbocycles. The van der Waals surface area contributed by atoms with E-state index in [0.29, 0.717) is 21.7 Å². The zero-order valence-corrected chi connectivity index (χ0v) is 14.3. The van der Waals surface area contributed by atoms with Gasteiger partial charge in [0.15, 0.2) is 11.2 Å². The second-order valence-electron chi connectivity index (χ2n) is 5.77. The first-order valence-electron chi connectivity index (χ1n) is 7.48. The lowest BCUT2D eigenvalue weighted by molar-refractivity contribution is 0.0997. The Kier molecular flexibility index (Phi) is 4.16. The van der Waals surface area contributed by atoms with Crippen LogP contribution in [0.4, 0.5) is 5.69 Å². The number of anilines is 1. The van der Waals surface area contributed by atoms with Gasteiger partial charge in [0.25, 0.3) is 5.91 Å². The van der Waals surface area contributed by atoms with E-state index in [2.05, 4.69) is 5.32 Å². The summed E-state index contributed by atoms with van der Waals surface area (Å²) in [6, 6.07) is 9.99. The van der Waals surface area contributed by atoms with Crippen LogP contribution in [0.15, 0.2) is 45.6 Å². The number of hydrogen-bond donors (Lipinski definition) is 1. The van der Waals surface area contributed by atoms with Gasteiger partial charge in [0.05, 0.1) is 5.39 Å². The van der Waals surface area contributed by atoms with Crippen LogP contribution in [0.3, 0.4) is 0 Å². The lowest BCUT2D eigenvalue weighted by Gasteiger charge is -2.09. The maximum absolute atomic E-state index is 12.4. The fourth-order valence-corrected chi connectivity index (χ4v) is 2.62. The Morgan fingerprint density at radius 1 is 1.08 bits per heavy atom. The summed E-state index contributed by atoms with van der Waals surface area (Å²) in [6.45, 7) is 5.66. The van der Waals surface area contributed by atoms with Gasteiger partial charge in [0.1, 0.15) is 5.58 Å². The van der Waals surface area contributed by atoms with E-state index in [1.165, 1.54) is 6.07 Å². The quantitative estimate of drug-likeness (QED) is 0.739. The molecule has 0 aliphatic rings. The van der Waals surface area contributed by atoms with Crippen molar-refractivity contribution in [1.82, 2.24) is 0 Å². The molecule has 0 saturated heterocycles. The van der Waals surface area contributed by atoms with Crippen LogP contribution in [0.2, 0.25) is 5.02 Å². The highest BCUT2D eigenvalue weighted by Gasteiger charge is 2.14. The molecule has 3 rings (SSSR count). The Morgan fingerprint density at radius 2 is 1.79 bits per heavy atom. The smallest absolute Gasteiger partial charge is 0.291 e. The molecule has 3 aromatic rings. The second kappa shape index (κ2) is 6.13. The molecule has 0 unspecified atom stereocenters. The van der Waals surface area contributed by atoms with Crippen molar-refractivity contribution in [3.8, 4) is 0 Å². The van der Waals surface area contributed by atoms with Gasteiger partial charge in [-0.3, -0.25) is 9.59 Å². The number of rotatable bonds is 2. The maximum atomic E-state index is 12.4. The standard InChI is InChI=1S/C19H16ClNO3/c1-10-7-13-16(22)9-18(24-17(13)8-11(10)2)19(23)21-15-6-4-5-14(20)12(15)3/h4-9H,1-3H3,(H,21,23). The summed E-state index contributed by atoms with van der Waals surface area (Å²) in [5.41, 5.74) is 3.48. The molecule has 0 radical (unpaired) electrons. The van der Waals surface area contributed by atoms with Crippen LogP contribution in [0.25, 0.3) is 11.0 Å². The monoisotopic (exact) mass is 341 g/mol. The summed E-state index contributed by atoms with van der Waals surface area (Å²) >= 11 is 6.05. The van der Waals surface area contributed by atoms with Gasteiger partial charge < -0.3 is 9.73 Å². The Hall–Kier alpha value is -2.59. The number of benzene rings is 2. The Labute approximate surface area is 144 Å². The molecule has 0 spiro atoms. The number of aryl methyl sites for hydroxylation is 2. The largest absolute Gasteiger partial charge is 0.451 e. The fraction of sp³-hybridized carbons (Fsp3) is 0.158. The molecule has 24 heavy (non-hydrogen) atoms. The molecule has 0 fully saturated rings.